The summed E-state index contributed by atoms with van der Waals surface area (Å²) in [5.74, 6) is 0. The highest BCUT2D eigenvalue weighted by molar-refractivity contribution is 8.00. The Morgan fingerprint density at radius 2 is 0.910 bits per heavy atom. The Morgan fingerprint density at radius 1 is 0.340 bits per heavy atom. The molecule has 0 atom stereocenters. The highest BCUT2D eigenvalue weighted by atomic mass is 32.2. The van der Waals surface area contributed by atoms with Crippen molar-refractivity contribution in [2.24, 2.45) is 0 Å². The van der Waals surface area contributed by atoms with Gasteiger partial charge in [0.2, 0.25) is 6.71 Å². The molecule has 14 aromatic carbocycles. The summed E-state index contributed by atoms with van der Waals surface area (Å²) in [5.41, 5.74) is 28.9. The summed E-state index contributed by atoms with van der Waals surface area (Å²) in [6.07, 6.45) is 2.17. The summed E-state index contributed by atoms with van der Waals surface area (Å²) >= 11 is 1.88. The molecule has 0 saturated heterocycles. The molecule has 0 amide bonds. The van der Waals surface area contributed by atoms with Gasteiger partial charge in [0.05, 0.1) is 5.69 Å². The molecule has 21 rings (SSSR count). The first-order valence-corrected chi connectivity index (χ1v) is 35.6. The molecule has 6 nitrogen and oxygen atoms in total. The first kappa shape index (κ1) is 57.4. The summed E-state index contributed by atoms with van der Waals surface area (Å²) in [5, 5.41) is 8.51. The van der Waals surface area contributed by atoms with Crippen LogP contribution in [0, 0.1) is 0 Å². The van der Waals surface area contributed by atoms with Crippen molar-refractivity contribution in [3.05, 3.63) is 296 Å². The monoisotopic (exact) mass is 1300 g/mol. The Labute approximate surface area is 582 Å². The molecule has 2 aliphatic heterocycles. The van der Waals surface area contributed by atoms with Gasteiger partial charge in [-0.05, 0) is 200 Å². The van der Waals surface area contributed by atoms with Crippen molar-refractivity contribution in [1.29, 1.82) is 0 Å². The number of rotatable bonds is 8. The maximum absolute atomic E-state index is 7.10. The lowest BCUT2D eigenvalue weighted by Gasteiger charge is -2.47. The van der Waals surface area contributed by atoms with Gasteiger partial charge < -0.3 is 27.5 Å². The number of hydrogen-bond donors (Lipinski definition) is 0. The fourth-order valence-corrected chi connectivity index (χ4v) is 18.6. The molecule has 0 saturated carbocycles. The summed E-state index contributed by atoms with van der Waals surface area (Å²) in [7, 11) is 0. The van der Waals surface area contributed by atoms with Crippen molar-refractivity contribution >= 4 is 157 Å². The number of furan rings is 4. The van der Waals surface area contributed by atoms with Gasteiger partial charge >= 0.3 is 0 Å². The van der Waals surface area contributed by atoms with Gasteiger partial charge in [-0.2, -0.15) is 0 Å². The van der Waals surface area contributed by atoms with Crippen molar-refractivity contribution in [3.8, 4) is 44.5 Å². The zero-order valence-corrected chi connectivity index (χ0v) is 56.4. The first-order valence-electron chi connectivity index (χ1n) is 34.8. The number of benzene rings is 14. The Balaban J connectivity index is 0.798. The third-order valence-electron chi connectivity index (χ3n) is 22.1. The van der Waals surface area contributed by atoms with Gasteiger partial charge in [0.1, 0.15) is 44.7 Å². The van der Waals surface area contributed by atoms with E-state index < -0.39 is 0 Å². The lowest BCUT2D eigenvalue weighted by molar-refractivity contribution is 0.332. The molecule has 0 unspecified atom stereocenters. The van der Waals surface area contributed by atoms with Crippen molar-refractivity contribution in [1.82, 2.24) is 0 Å². The van der Waals surface area contributed by atoms with E-state index in [4.69, 9.17) is 17.7 Å². The van der Waals surface area contributed by atoms with E-state index in [0.717, 1.165) is 151 Å². The third-order valence-corrected chi connectivity index (χ3v) is 23.3. The minimum absolute atomic E-state index is 0.0374. The summed E-state index contributed by atoms with van der Waals surface area (Å²) in [4.78, 5) is 7.48. The highest BCUT2D eigenvalue weighted by Crippen LogP contribution is 2.55. The van der Waals surface area contributed by atoms with Crippen LogP contribution < -0.4 is 26.2 Å². The fraction of sp³-hybridized carbons (Fsp3) is 0.0870. The maximum Gasteiger partial charge on any atom is 0.249 e. The molecule has 18 aromatic rings. The molecular formula is C92H63BN2O4S. The zero-order chi connectivity index (χ0) is 66.3. The van der Waals surface area contributed by atoms with Crippen LogP contribution in [0.2, 0.25) is 0 Å². The highest BCUT2D eigenvalue weighted by Gasteiger charge is 2.45. The van der Waals surface area contributed by atoms with Crippen LogP contribution in [0.25, 0.3) is 132 Å². The second kappa shape index (κ2) is 21.4. The number of hydrogen-bond acceptors (Lipinski definition) is 7. The Hall–Kier alpha value is -11.7. The van der Waals surface area contributed by atoms with Crippen LogP contribution in [0.15, 0.2) is 313 Å². The van der Waals surface area contributed by atoms with Crippen molar-refractivity contribution in [2.45, 2.75) is 61.2 Å². The van der Waals surface area contributed by atoms with Gasteiger partial charge in [-0.3, -0.25) is 0 Å². The largest absolute Gasteiger partial charge is 0.456 e. The standard InChI is InChI=1S/C92H63BN2O4S/c1-91(2)45-46-92(3,4)88-69(91)31-20-32-72(88)95-73-52-61(94(59-23-10-6-11-24-59)60-25-12-7-13-26-60)38-41-70(73)93-71-40-36-57(67-53-81-85(64-29-16-18-33-75(64)97-81)87-65-30-17-19-34-76(65)99-90(67)87)50-82(71)100-83-51-58(48-74(95)89(83)93)55-35-39-66-80(49-55)98-78-43-44-79-86(84(66)78)68-47-56(37-42-77(68)96-79)63-28-15-14-27-62(63)54-21-8-5-9-22-54/h5-44,47-53H,45-46H2,1-4H3. The topological polar surface area (TPSA) is 59.0 Å². The number of fused-ring (bicyclic) bond motifs is 19. The van der Waals surface area contributed by atoms with Crippen LogP contribution in [-0.4, -0.2) is 6.71 Å². The molecule has 0 radical (unpaired) electrons. The van der Waals surface area contributed by atoms with E-state index in [0.29, 0.717) is 0 Å². The van der Waals surface area contributed by atoms with Gasteiger partial charge in [0.15, 0.2) is 0 Å². The first-order chi connectivity index (χ1) is 49.0. The summed E-state index contributed by atoms with van der Waals surface area (Å²) in [6, 6.07) is 104. The lowest BCUT2D eigenvalue weighted by Crippen LogP contribution is -2.60. The molecule has 4 aromatic heterocycles. The second-order valence-corrected chi connectivity index (χ2v) is 29.9. The molecular weight excluding hydrogens is 1240 g/mol. The average molecular weight is 1300 g/mol. The van der Waals surface area contributed by atoms with Crippen LogP contribution in [0.5, 0.6) is 0 Å². The number of anilines is 6. The smallest absolute Gasteiger partial charge is 0.249 e. The zero-order valence-electron chi connectivity index (χ0n) is 55.6. The quantitative estimate of drug-likeness (QED) is 0.141. The number of nitrogens with zero attached hydrogens (tertiary/aromatic N) is 2. The van der Waals surface area contributed by atoms with E-state index in [9.17, 15) is 0 Å². The van der Waals surface area contributed by atoms with E-state index in [1.165, 1.54) is 65.4 Å². The third kappa shape index (κ3) is 8.53. The van der Waals surface area contributed by atoms with Gasteiger partial charge in [-0.15, -0.1) is 0 Å². The Bertz CT molecular complexity index is 6440. The Kier molecular flexibility index (Phi) is 12.3. The second-order valence-electron chi connectivity index (χ2n) is 28.8. The SMILES string of the molecule is CC1(C)CCC(C)(C)c2c(N3c4cc(N(c5ccccc5)c5ccccc5)ccc4B4c5ccc(-c6cc7oc8ccccc8c7c7c6oc6ccccc67)cc5Sc5cc(-c6ccc7c(c6)oc6ccc8oc9ccc(-c%10ccccc%10-c%10ccccc%10)cc9c8c67)cc3c54)cccc21. The minimum Gasteiger partial charge on any atom is -0.456 e. The molecule has 3 aliphatic rings. The van der Waals surface area contributed by atoms with Crippen molar-refractivity contribution < 1.29 is 17.7 Å². The molecule has 0 fully saturated rings. The normalized spacial score (nSPS) is 14.4. The van der Waals surface area contributed by atoms with Gasteiger partial charge in [-0.25, -0.2) is 0 Å². The van der Waals surface area contributed by atoms with Gasteiger partial charge in [-0.1, -0.05) is 215 Å². The molecule has 100 heavy (non-hydrogen) atoms. The van der Waals surface area contributed by atoms with Gasteiger partial charge in [0.25, 0.3) is 0 Å². The van der Waals surface area contributed by atoms with Crippen LogP contribution >= 0.6 is 11.8 Å². The summed E-state index contributed by atoms with van der Waals surface area (Å²) in [6.45, 7) is 9.69. The van der Waals surface area contributed by atoms with Crippen LogP contribution in [0.3, 0.4) is 0 Å². The molecule has 0 bridgehead atoms. The fourth-order valence-electron chi connectivity index (χ4n) is 17.4. The van der Waals surface area contributed by atoms with Crippen LogP contribution in [0.4, 0.5) is 34.1 Å². The molecule has 474 valence electrons. The molecule has 0 spiro atoms. The van der Waals surface area contributed by atoms with E-state index in [1.54, 1.807) is 0 Å². The van der Waals surface area contributed by atoms with E-state index in [2.05, 4.69) is 317 Å². The molecule has 8 heteroatoms. The minimum atomic E-state index is -0.130. The summed E-state index contributed by atoms with van der Waals surface area (Å²) < 4.78 is 27.6. The molecule has 0 N–H and O–H groups in total. The molecule has 1 aliphatic carbocycles. The van der Waals surface area contributed by atoms with E-state index >= 15 is 0 Å². The predicted octanol–water partition coefficient (Wildman–Crippen LogP) is 24.5. The average Bonchev–Trinajstić information content (AvgIpc) is 0.826. The predicted molar refractivity (Wildman–Crippen MR) is 417 cm³/mol. The van der Waals surface area contributed by atoms with Crippen LogP contribution in [0.1, 0.15) is 51.7 Å². The van der Waals surface area contributed by atoms with E-state index in [-0.39, 0.29) is 17.5 Å². The van der Waals surface area contributed by atoms with E-state index in [1.807, 2.05) is 17.8 Å². The molecule has 6 heterocycles. The Morgan fingerprint density at radius 3 is 1.68 bits per heavy atom. The maximum atomic E-state index is 7.10. The van der Waals surface area contributed by atoms with Crippen LogP contribution in [-0.2, 0) is 10.8 Å². The van der Waals surface area contributed by atoms with Crippen molar-refractivity contribution in [2.75, 3.05) is 9.80 Å². The van der Waals surface area contributed by atoms with Gasteiger partial charge in [0, 0.05) is 86.9 Å². The van der Waals surface area contributed by atoms with Crippen molar-refractivity contribution in [3.63, 3.8) is 0 Å². The lowest BCUT2D eigenvalue weighted by atomic mass is 9.34. The number of para-hydroxylation sites is 4.